The molecule has 11 heteroatoms. The van der Waals surface area contributed by atoms with E-state index < -0.39 is 43.5 Å². The molecule has 0 saturated carbocycles. The lowest BCUT2D eigenvalue weighted by atomic mass is 10.0. The number of nitrogens with two attached hydrogens (primary N) is 1. The number of hydrogen-bond acceptors (Lipinski definition) is 8. The molecule has 0 fully saturated rings. The fourth-order valence-corrected chi connectivity index (χ4v) is 3.74. The van der Waals surface area contributed by atoms with Crippen LogP contribution in [0.1, 0.15) is 52.7 Å². The first kappa shape index (κ1) is 33.3. The predicted octanol–water partition coefficient (Wildman–Crippen LogP) is 4.96. The number of esters is 1. The third kappa shape index (κ3) is 13.2. The quantitative estimate of drug-likeness (QED) is 0.0867. The third-order valence-electron chi connectivity index (χ3n) is 4.85. The van der Waals surface area contributed by atoms with Crippen LogP contribution in [0.15, 0.2) is 29.3 Å². The lowest BCUT2D eigenvalue weighted by Gasteiger charge is -2.28. The SMILES string of the molecule is COC(=O)[C@@H](N)Cc1ccc(/C(=N\C(=O)OC(C)(C)C)N(COCC[Si](C)(C)C)C(=O)OC(C)(C)C)cc1. The number of hydrogen-bond donors (Lipinski definition) is 1. The standard InChI is InChI=1S/C27H45N3O7Si/c1-26(2,3)36-24(32)29-22(20-13-11-19(12-14-20)17-21(28)23(31)34-7)30(25(33)37-27(4,5)6)18-35-15-16-38(8,9)10/h11-14,21H,15-18,28H2,1-10H3/b29-22+/t21-/m0/s1. The molecule has 10 nitrogen and oxygen atoms in total. The number of ether oxygens (including phenoxy) is 4. The summed E-state index contributed by atoms with van der Waals surface area (Å²) in [7, 11) is -0.0973. The maximum absolute atomic E-state index is 13.3. The predicted molar refractivity (Wildman–Crippen MR) is 150 cm³/mol. The van der Waals surface area contributed by atoms with Crippen LogP contribution in [0.4, 0.5) is 9.59 Å². The number of carbonyl (C=O) groups is 3. The molecule has 214 valence electrons. The first-order valence-corrected chi connectivity index (χ1v) is 16.3. The van der Waals surface area contributed by atoms with E-state index in [0.29, 0.717) is 12.2 Å². The van der Waals surface area contributed by atoms with Gasteiger partial charge >= 0.3 is 18.2 Å². The van der Waals surface area contributed by atoms with Crippen LogP contribution >= 0.6 is 0 Å². The fourth-order valence-electron chi connectivity index (χ4n) is 2.98. The van der Waals surface area contributed by atoms with Gasteiger partial charge in [0, 0.05) is 20.2 Å². The molecule has 2 amide bonds. The monoisotopic (exact) mass is 551 g/mol. The Morgan fingerprint density at radius 2 is 1.53 bits per heavy atom. The molecule has 38 heavy (non-hydrogen) atoms. The number of nitrogens with zero attached hydrogens (tertiary/aromatic N) is 2. The Labute approximate surface area is 227 Å². The number of amidine groups is 1. The number of benzene rings is 1. The van der Waals surface area contributed by atoms with Crippen molar-refractivity contribution in [3.8, 4) is 0 Å². The van der Waals surface area contributed by atoms with Gasteiger partial charge in [-0.2, -0.15) is 4.99 Å². The summed E-state index contributed by atoms with van der Waals surface area (Å²) in [6, 6.07) is 6.91. The van der Waals surface area contributed by atoms with Crippen LogP contribution < -0.4 is 5.73 Å². The van der Waals surface area contributed by atoms with Crippen molar-refractivity contribution in [2.75, 3.05) is 20.4 Å². The summed E-state index contributed by atoms with van der Waals surface area (Å²) in [4.78, 5) is 43.1. The highest BCUT2D eigenvalue weighted by molar-refractivity contribution is 6.76. The van der Waals surface area contributed by atoms with E-state index in [1.165, 1.54) is 12.0 Å². The van der Waals surface area contributed by atoms with Crippen LogP contribution in [-0.2, 0) is 30.2 Å². The molecule has 0 aliphatic carbocycles. The molecule has 0 aromatic heterocycles. The van der Waals surface area contributed by atoms with Crippen LogP contribution in [0.5, 0.6) is 0 Å². The highest BCUT2D eigenvalue weighted by Crippen LogP contribution is 2.18. The molecule has 0 radical (unpaired) electrons. The van der Waals surface area contributed by atoms with Gasteiger partial charge in [0.05, 0.1) is 7.11 Å². The minimum absolute atomic E-state index is 0.0188. The summed E-state index contributed by atoms with van der Waals surface area (Å²) < 4.78 is 21.6. The van der Waals surface area contributed by atoms with Gasteiger partial charge in [-0.05, 0) is 59.6 Å². The Bertz CT molecular complexity index is 974. The molecule has 0 unspecified atom stereocenters. The molecule has 1 aromatic carbocycles. The van der Waals surface area contributed by atoms with Crippen molar-refractivity contribution in [3.63, 3.8) is 0 Å². The van der Waals surface area contributed by atoms with E-state index >= 15 is 0 Å². The lowest BCUT2D eigenvalue weighted by molar-refractivity contribution is -0.142. The van der Waals surface area contributed by atoms with E-state index in [-0.39, 0.29) is 19.0 Å². The minimum atomic E-state index is -1.38. The first-order chi connectivity index (χ1) is 17.3. The average Bonchev–Trinajstić information content (AvgIpc) is 2.74. The van der Waals surface area contributed by atoms with Crippen molar-refractivity contribution < 1.29 is 33.3 Å². The Hall–Kier alpha value is -2.76. The molecular formula is C27H45N3O7Si. The topological polar surface area (TPSA) is 130 Å². The van der Waals surface area contributed by atoms with Gasteiger partial charge in [-0.25, -0.2) is 14.5 Å². The Balaban J connectivity index is 3.43. The van der Waals surface area contributed by atoms with Crippen molar-refractivity contribution in [2.45, 2.75) is 90.9 Å². The zero-order valence-corrected chi connectivity index (χ0v) is 25.5. The molecule has 1 rings (SSSR count). The summed E-state index contributed by atoms with van der Waals surface area (Å²) in [6.07, 6.45) is -1.33. The maximum Gasteiger partial charge on any atom is 0.436 e. The van der Waals surface area contributed by atoms with Crippen LogP contribution in [0.3, 0.4) is 0 Å². The van der Waals surface area contributed by atoms with Gasteiger partial charge in [0.25, 0.3) is 0 Å². The largest absolute Gasteiger partial charge is 0.468 e. The van der Waals surface area contributed by atoms with E-state index in [2.05, 4.69) is 24.6 Å². The van der Waals surface area contributed by atoms with Crippen LogP contribution in [-0.4, -0.2) is 74.7 Å². The van der Waals surface area contributed by atoms with E-state index in [9.17, 15) is 14.4 Å². The number of methoxy groups -OCH3 is 1. The molecule has 0 bridgehead atoms. The van der Waals surface area contributed by atoms with Crippen LogP contribution in [0, 0.1) is 0 Å². The number of aliphatic imine (C=N–C) groups is 1. The van der Waals surface area contributed by atoms with Gasteiger partial charge in [-0.3, -0.25) is 4.79 Å². The van der Waals surface area contributed by atoms with Gasteiger partial charge in [-0.1, -0.05) is 43.9 Å². The molecule has 1 atom stereocenters. The summed E-state index contributed by atoms with van der Waals surface area (Å²) in [5, 5.41) is 0. The van der Waals surface area contributed by atoms with Gasteiger partial charge in [0.2, 0.25) is 0 Å². The summed E-state index contributed by atoms with van der Waals surface area (Å²) in [5.74, 6) is -0.502. The molecular weight excluding hydrogens is 506 g/mol. The summed E-state index contributed by atoms with van der Waals surface area (Å²) >= 11 is 0. The molecule has 0 heterocycles. The Morgan fingerprint density at radius 1 is 0.974 bits per heavy atom. The first-order valence-electron chi connectivity index (χ1n) is 12.6. The third-order valence-corrected chi connectivity index (χ3v) is 6.55. The van der Waals surface area contributed by atoms with E-state index in [4.69, 9.17) is 24.7 Å². The van der Waals surface area contributed by atoms with Crippen molar-refractivity contribution >= 4 is 32.1 Å². The zero-order valence-electron chi connectivity index (χ0n) is 24.5. The molecule has 2 N–H and O–H groups in total. The van der Waals surface area contributed by atoms with E-state index in [0.717, 1.165) is 11.6 Å². The molecule has 0 spiro atoms. The zero-order chi connectivity index (χ0) is 29.3. The highest BCUT2D eigenvalue weighted by atomic mass is 28.3. The van der Waals surface area contributed by atoms with Crippen LogP contribution in [0.25, 0.3) is 0 Å². The van der Waals surface area contributed by atoms with Crippen molar-refractivity contribution in [2.24, 2.45) is 10.7 Å². The van der Waals surface area contributed by atoms with Gasteiger partial charge in [0.15, 0.2) is 5.84 Å². The fraction of sp³-hybridized carbons (Fsp3) is 0.630. The Morgan fingerprint density at radius 3 is 2.00 bits per heavy atom. The van der Waals surface area contributed by atoms with Crippen LogP contribution in [0.2, 0.25) is 25.7 Å². The van der Waals surface area contributed by atoms with Gasteiger partial charge in [-0.15, -0.1) is 0 Å². The number of amides is 2. The Kier molecular flexibility index (Phi) is 12.1. The van der Waals surface area contributed by atoms with Crippen molar-refractivity contribution in [1.29, 1.82) is 0 Å². The smallest absolute Gasteiger partial charge is 0.436 e. The maximum atomic E-state index is 13.3. The number of carbonyl (C=O) groups excluding carboxylic acids is 3. The summed E-state index contributed by atoms with van der Waals surface area (Å²) in [5.41, 5.74) is 5.52. The van der Waals surface area contributed by atoms with E-state index in [1.807, 2.05) is 0 Å². The van der Waals surface area contributed by atoms with Gasteiger partial charge in [0.1, 0.15) is 24.0 Å². The second-order valence-electron chi connectivity index (χ2n) is 12.2. The normalized spacial score (nSPS) is 13.5. The second-order valence-corrected chi connectivity index (χ2v) is 17.8. The highest BCUT2D eigenvalue weighted by Gasteiger charge is 2.29. The lowest BCUT2D eigenvalue weighted by Crippen LogP contribution is -2.43. The van der Waals surface area contributed by atoms with Crippen molar-refractivity contribution in [1.82, 2.24) is 4.90 Å². The second kappa shape index (κ2) is 13.9. The molecule has 0 aliphatic rings. The van der Waals surface area contributed by atoms with E-state index in [1.54, 1.807) is 65.8 Å². The average molecular weight is 552 g/mol. The van der Waals surface area contributed by atoms with Gasteiger partial charge < -0.3 is 24.7 Å². The number of rotatable bonds is 9. The summed E-state index contributed by atoms with van der Waals surface area (Å²) in [6.45, 7) is 17.4. The molecule has 0 aliphatic heterocycles. The minimum Gasteiger partial charge on any atom is -0.468 e. The molecule has 1 aromatic rings. The molecule has 0 saturated heterocycles. The van der Waals surface area contributed by atoms with Crippen molar-refractivity contribution in [3.05, 3.63) is 35.4 Å².